The molecule has 1 unspecified atom stereocenters. The van der Waals surface area contributed by atoms with E-state index >= 15 is 0 Å². The largest absolute Gasteiger partial charge is 0.489 e. The lowest BCUT2D eigenvalue weighted by Crippen LogP contribution is -2.38. The number of nitro groups is 1. The van der Waals surface area contributed by atoms with Gasteiger partial charge in [0.1, 0.15) is 6.61 Å². The molecule has 1 aliphatic rings. The van der Waals surface area contributed by atoms with Crippen molar-refractivity contribution >= 4 is 16.7 Å². The van der Waals surface area contributed by atoms with E-state index in [1.165, 1.54) is 25.0 Å². The molecule has 8 nitrogen and oxygen atoms in total. The van der Waals surface area contributed by atoms with Gasteiger partial charge in [-0.05, 0) is 35.8 Å². The molecule has 2 heterocycles. The summed E-state index contributed by atoms with van der Waals surface area (Å²) in [5.41, 5.74) is 0.267. The van der Waals surface area contributed by atoms with Crippen molar-refractivity contribution in [3.05, 3.63) is 22.2 Å². The minimum Gasteiger partial charge on any atom is -0.489 e. The van der Waals surface area contributed by atoms with E-state index in [0.717, 1.165) is 13.0 Å². The molecule has 1 atom stereocenters. The molecular weight excluding hydrogens is 264 g/mol. The third kappa shape index (κ3) is 2.42. The third-order valence-corrected chi connectivity index (χ3v) is 3.41. The molecule has 20 heavy (non-hydrogen) atoms. The zero-order chi connectivity index (χ0) is 13.9. The fourth-order valence-corrected chi connectivity index (χ4v) is 2.35. The van der Waals surface area contributed by atoms with Gasteiger partial charge in [0, 0.05) is 12.1 Å². The molecule has 106 valence electrons. The van der Waals surface area contributed by atoms with Crippen LogP contribution >= 0.6 is 0 Å². The second kappa shape index (κ2) is 5.41. The molecule has 2 aromatic rings. The SMILES string of the molecule is O=[N+]([O-])c1ccc(OCC2CCCCN2)c2nonc12. The number of ether oxygens (including phenoxy) is 1. The van der Waals surface area contributed by atoms with Crippen LogP contribution in [0.25, 0.3) is 11.0 Å². The number of nitrogens with one attached hydrogen (secondary N) is 1. The van der Waals surface area contributed by atoms with Crippen LogP contribution in [0.5, 0.6) is 5.75 Å². The van der Waals surface area contributed by atoms with Gasteiger partial charge in [0.25, 0.3) is 0 Å². The monoisotopic (exact) mass is 278 g/mol. The predicted octanol–water partition coefficient (Wildman–Crippen LogP) is 1.65. The van der Waals surface area contributed by atoms with Crippen molar-refractivity contribution in [1.29, 1.82) is 0 Å². The molecule has 0 radical (unpaired) electrons. The van der Waals surface area contributed by atoms with Crippen LogP contribution in [0.1, 0.15) is 19.3 Å². The van der Waals surface area contributed by atoms with Crippen molar-refractivity contribution in [3.8, 4) is 5.75 Å². The minimum absolute atomic E-state index is 0.115. The van der Waals surface area contributed by atoms with E-state index in [4.69, 9.17) is 4.74 Å². The number of nitrogens with zero attached hydrogens (tertiary/aromatic N) is 3. The maximum absolute atomic E-state index is 10.9. The Balaban J connectivity index is 1.79. The highest BCUT2D eigenvalue weighted by atomic mass is 16.6. The molecule has 0 saturated carbocycles. The van der Waals surface area contributed by atoms with Crippen molar-refractivity contribution in [2.75, 3.05) is 13.2 Å². The maximum Gasteiger partial charge on any atom is 0.301 e. The van der Waals surface area contributed by atoms with Gasteiger partial charge in [-0.1, -0.05) is 6.42 Å². The topological polar surface area (TPSA) is 103 Å². The molecule has 8 heteroatoms. The van der Waals surface area contributed by atoms with E-state index in [1.54, 1.807) is 0 Å². The van der Waals surface area contributed by atoms with E-state index in [9.17, 15) is 10.1 Å². The first kappa shape index (κ1) is 12.8. The van der Waals surface area contributed by atoms with Gasteiger partial charge < -0.3 is 10.1 Å². The zero-order valence-electron chi connectivity index (χ0n) is 10.7. The van der Waals surface area contributed by atoms with Gasteiger partial charge >= 0.3 is 5.69 Å². The first-order valence-electron chi connectivity index (χ1n) is 6.51. The van der Waals surface area contributed by atoms with Gasteiger partial charge in [-0.25, -0.2) is 4.63 Å². The normalized spacial score (nSPS) is 19.1. The van der Waals surface area contributed by atoms with E-state index in [0.29, 0.717) is 18.4 Å². The van der Waals surface area contributed by atoms with E-state index in [-0.39, 0.29) is 16.7 Å². The van der Waals surface area contributed by atoms with Gasteiger partial charge in [-0.2, -0.15) is 0 Å². The highest BCUT2D eigenvalue weighted by Gasteiger charge is 2.21. The lowest BCUT2D eigenvalue weighted by Gasteiger charge is -2.23. The number of aromatic nitrogens is 2. The molecule has 0 spiro atoms. The van der Waals surface area contributed by atoms with Crippen LogP contribution in [0.4, 0.5) is 5.69 Å². The summed E-state index contributed by atoms with van der Waals surface area (Å²) in [5.74, 6) is 0.458. The summed E-state index contributed by atoms with van der Waals surface area (Å²) in [6.07, 6.45) is 3.43. The summed E-state index contributed by atoms with van der Waals surface area (Å²) in [6.45, 7) is 1.50. The van der Waals surface area contributed by atoms with Gasteiger partial charge in [-0.3, -0.25) is 10.1 Å². The number of hydrogen-bond donors (Lipinski definition) is 1. The van der Waals surface area contributed by atoms with Gasteiger partial charge in [0.05, 0.1) is 4.92 Å². The van der Waals surface area contributed by atoms with Crippen molar-refractivity contribution in [1.82, 2.24) is 15.6 Å². The summed E-state index contributed by atoms with van der Waals surface area (Å²) in [6, 6.07) is 3.19. The number of piperidine rings is 1. The van der Waals surface area contributed by atoms with Crippen LogP contribution in [0, 0.1) is 10.1 Å². The van der Waals surface area contributed by atoms with Crippen molar-refractivity contribution in [2.45, 2.75) is 25.3 Å². The van der Waals surface area contributed by atoms with E-state index in [1.807, 2.05) is 0 Å². The smallest absolute Gasteiger partial charge is 0.301 e. The maximum atomic E-state index is 10.9. The van der Waals surface area contributed by atoms with Crippen LogP contribution in [-0.2, 0) is 0 Å². The van der Waals surface area contributed by atoms with Crippen molar-refractivity contribution in [3.63, 3.8) is 0 Å². The molecule has 1 fully saturated rings. The van der Waals surface area contributed by atoms with Gasteiger partial charge in [-0.15, -0.1) is 0 Å². The fraction of sp³-hybridized carbons (Fsp3) is 0.500. The standard InChI is InChI=1S/C12H14N4O4/c17-16(18)9-4-5-10(12-11(9)14-20-15-12)19-7-8-3-1-2-6-13-8/h4-5,8,13H,1-3,6-7H2. The Morgan fingerprint density at radius 3 is 3.00 bits per heavy atom. The zero-order valence-corrected chi connectivity index (χ0v) is 10.7. The summed E-state index contributed by atoms with van der Waals surface area (Å²) >= 11 is 0. The number of nitro benzene ring substituents is 1. The molecule has 0 amide bonds. The summed E-state index contributed by atoms with van der Waals surface area (Å²) < 4.78 is 10.3. The number of rotatable bonds is 4. The summed E-state index contributed by atoms with van der Waals surface area (Å²) in [4.78, 5) is 10.4. The second-order valence-corrected chi connectivity index (χ2v) is 4.76. The lowest BCUT2D eigenvalue weighted by molar-refractivity contribution is -0.383. The number of hydrogen-bond acceptors (Lipinski definition) is 7. The third-order valence-electron chi connectivity index (χ3n) is 3.41. The number of benzene rings is 1. The average molecular weight is 278 g/mol. The Hall–Kier alpha value is -2.22. The molecule has 1 aromatic carbocycles. The second-order valence-electron chi connectivity index (χ2n) is 4.76. The van der Waals surface area contributed by atoms with Crippen LogP contribution in [-0.4, -0.2) is 34.4 Å². The summed E-state index contributed by atoms with van der Waals surface area (Å²) in [7, 11) is 0. The summed E-state index contributed by atoms with van der Waals surface area (Å²) in [5, 5.41) is 21.5. The molecule has 1 aliphatic heterocycles. The van der Waals surface area contributed by atoms with Gasteiger partial charge in [0.15, 0.2) is 11.3 Å². The Morgan fingerprint density at radius 2 is 2.25 bits per heavy atom. The quantitative estimate of drug-likeness (QED) is 0.669. The molecular formula is C12H14N4O4. The first-order chi connectivity index (χ1) is 9.75. The Kier molecular flexibility index (Phi) is 3.46. The van der Waals surface area contributed by atoms with Crippen LogP contribution in [0.3, 0.4) is 0 Å². The fourth-order valence-electron chi connectivity index (χ4n) is 2.35. The van der Waals surface area contributed by atoms with Gasteiger partial charge in [0.2, 0.25) is 5.52 Å². The Labute approximate surface area is 114 Å². The lowest BCUT2D eigenvalue weighted by atomic mass is 10.1. The minimum atomic E-state index is -0.515. The molecule has 0 aliphatic carbocycles. The highest BCUT2D eigenvalue weighted by molar-refractivity contribution is 5.88. The molecule has 0 bridgehead atoms. The highest BCUT2D eigenvalue weighted by Crippen LogP contribution is 2.30. The van der Waals surface area contributed by atoms with Crippen LogP contribution in [0.15, 0.2) is 16.8 Å². The molecule has 1 aromatic heterocycles. The Bertz CT molecular complexity index is 621. The van der Waals surface area contributed by atoms with Crippen molar-refractivity contribution < 1.29 is 14.3 Å². The molecule has 1 N–H and O–H groups in total. The molecule has 1 saturated heterocycles. The van der Waals surface area contributed by atoms with Crippen LogP contribution in [0.2, 0.25) is 0 Å². The number of non-ortho nitro benzene ring substituents is 1. The number of fused-ring (bicyclic) bond motifs is 1. The molecule has 3 rings (SSSR count). The van der Waals surface area contributed by atoms with Crippen molar-refractivity contribution in [2.24, 2.45) is 0 Å². The van der Waals surface area contributed by atoms with E-state index < -0.39 is 4.92 Å². The first-order valence-corrected chi connectivity index (χ1v) is 6.51. The average Bonchev–Trinajstić information content (AvgIpc) is 2.95. The van der Waals surface area contributed by atoms with Crippen LogP contribution < -0.4 is 10.1 Å². The Morgan fingerprint density at radius 1 is 1.40 bits per heavy atom. The van der Waals surface area contributed by atoms with E-state index in [2.05, 4.69) is 20.3 Å². The predicted molar refractivity (Wildman–Crippen MR) is 69.6 cm³/mol.